The highest BCUT2D eigenvalue weighted by molar-refractivity contribution is 7.79. The van der Waals surface area contributed by atoms with Crippen LogP contribution in [0.4, 0.5) is 0 Å². The first-order valence-corrected chi connectivity index (χ1v) is 9.11. The van der Waals surface area contributed by atoms with Crippen molar-refractivity contribution in [1.82, 2.24) is 0 Å². The first-order valence-electron chi connectivity index (χ1n) is 7.40. The summed E-state index contributed by atoms with van der Waals surface area (Å²) in [6.45, 7) is 5.77. The molecule has 0 aliphatic heterocycles. The van der Waals surface area contributed by atoms with Crippen LogP contribution >= 0.6 is 7.14 Å². The van der Waals surface area contributed by atoms with E-state index < -0.39 is 12.5 Å². The second-order valence-corrected chi connectivity index (χ2v) is 8.69. The van der Waals surface area contributed by atoms with Gasteiger partial charge in [-0.3, -0.25) is 0 Å². The van der Waals surface area contributed by atoms with Crippen molar-refractivity contribution in [3.63, 3.8) is 0 Å². The predicted octanol–water partition coefficient (Wildman–Crippen LogP) is 3.76. The summed E-state index contributed by atoms with van der Waals surface area (Å²) in [6, 6.07) is 18.7. The zero-order valence-electron chi connectivity index (χ0n) is 12.9. The minimum atomic E-state index is -3.15. The van der Waals surface area contributed by atoms with E-state index in [9.17, 15) is 9.67 Å². The highest BCUT2D eigenvalue weighted by Gasteiger charge is 2.49. The summed E-state index contributed by atoms with van der Waals surface area (Å²) in [5.41, 5.74) is 0. The third-order valence-corrected chi connectivity index (χ3v) is 8.20. The average molecular weight is 302 g/mol. The Labute approximate surface area is 127 Å². The molecule has 0 heterocycles. The number of aliphatic hydroxyl groups is 1. The van der Waals surface area contributed by atoms with Gasteiger partial charge in [0.25, 0.3) is 0 Å². The monoisotopic (exact) mass is 302 g/mol. The van der Waals surface area contributed by atoms with Crippen molar-refractivity contribution in [2.75, 3.05) is 0 Å². The normalized spacial score (nSPS) is 14.9. The Balaban J connectivity index is 2.75. The molecule has 0 aliphatic rings. The lowest BCUT2D eigenvalue weighted by Crippen LogP contribution is -2.41. The maximum absolute atomic E-state index is 14.1. The fourth-order valence-electron chi connectivity index (χ4n) is 2.87. The largest absolute Gasteiger partial charge is 0.381 e. The van der Waals surface area contributed by atoms with Gasteiger partial charge >= 0.3 is 0 Å². The molecule has 2 nitrogen and oxygen atoms in total. The van der Waals surface area contributed by atoms with Crippen molar-refractivity contribution in [1.29, 1.82) is 0 Å². The SMILES string of the molecule is CCC(O)(C(C)C)P(=O)(c1ccccc1)c1ccccc1. The Kier molecular flexibility index (Phi) is 4.70. The van der Waals surface area contributed by atoms with E-state index in [2.05, 4.69) is 0 Å². The summed E-state index contributed by atoms with van der Waals surface area (Å²) in [7, 11) is -3.15. The van der Waals surface area contributed by atoms with Crippen LogP contribution in [0.5, 0.6) is 0 Å². The number of rotatable bonds is 5. The van der Waals surface area contributed by atoms with Crippen LogP contribution in [0.25, 0.3) is 0 Å². The third-order valence-electron chi connectivity index (χ3n) is 4.23. The topological polar surface area (TPSA) is 37.3 Å². The van der Waals surface area contributed by atoms with Crippen LogP contribution in [-0.4, -0.2) is 10.4 Å². The second-order valence-electron chi connectivity index (χ2n) is 5.67. The maximum atomic E-state index is 14.1. The molecular weight excluding hydrogens is 279 g/mol. The molecule has 0 bridgehead atoms. The first kappa shape index (κ1) is 16.0. The summed E-state index contributed by atoms with van der Waals surface area (Å²) >= 11 is 0. The molecule has 1 atom stereocenters. The lowest BCUT2D eigenvalue weighted by Gasteiger charge is -2.39. The lowest BCUT2D eigenvalue weighted by molar-refractivity contribution is 0.0730. The van der Waals surface area contributed by atoms with Gasteiger partial charge in [-0.05, 0) is 12.3 Å². The molecule has 2 rings (SSSR count). The van der Waals surface area contributed by atoms with Crippen LogP contribution in [0.3, 0.4) is 0 Å². The van der Waals surface area contributed by atoms with Gasteiger partial charge < -0.3 is 9.67 Å². The molecule has 0 aliphatic carbocycles. The minimum absolute atomic E-state index is 0.103. The van der Waals surface area contributed by atoms with Crippen LogP contribution in [-0.2, 0) is 4.57 Å². The van der Waals surface area contributed by atoms with E-state index in [0.29, 0.717) is 17.0 Å². The fourth-order valence-corrected chi connectivity index (χ4v) is 6.42. The maximum Gasteiger partial charge on any atom is 0.173 e. The van der Waals surface area contributed by atoms with E-state index >= 15 is 0 Å². The molecule has 0 aromatic heterocycles. The van der Waals surface area contributed by atoms with Gasteiger partial charge in [0.05, 0.1) is 0 Å². The highest BCUT2D eigenvalue weighted by Crippen LogP contribution is 2.59. The van der Waals surface area contributed by atoms with Crippen LogP contribution in [0.1, 0.15) is 27.2 Å². The smallest absolute Gasteiger partial charge is 0.173 e. The van der Waals surface area contributed by atoms with Crippen molar-refractivity contribution in [2.45, 2.75) is 32.5 Å². The van der Waals surface area contributed by atoms with Crippen molar-refractivity contribution in [3.05, 3.63) is 60.7 Å². The van der Waals surface area contributed by atoms with Gasteiger partial charge in [0.15, 0.2) is 7.14 Å². The number of hydrogen-bond acceptors (Lipinski definition) is 2. The number of hydrogen-bond donors (Lipinski definition) is 1. The predicted molar refractivity (Wildman–Crippen MR) is 89.8 cm³/mol. The summed E-state index contributed by atoms with van der Waals surface area (Å²) in [5, 5.41) is 11.5. The van der Waals surface area contributed by atoms with E-state index in [-0.39, 0.29) is 5.92 Å². The quantitative estimate of drug-likeness (QED) is 0.854. The molecule has 0 saturated carbocycles. The summed E-state index contributed by atoms with van der Waals surface area (Å²) in [5.74, 6) is -0.103. The number of benzene rings is 2. The Morgan fingerprint density at radius 1 is 0.952 bits per heavy atom. The van der Waals surface area contributed by atoms with E-state index in [1.807, 2.05) is 81.4 Å². The third kappa shape index (κ3) is 2.59. The molecule has 0 radical (unpaired) electrons. The van der Waals surface area contributed by atoms with Gasteiger partial charge in [-0.15, -0.1) is 0 Å². The molecule has 0 fully saturated rings. The van der Waals surface area contributed by atoms with Gasteiger partial charge in [0.1, 0.15) is 5.34 Å². The Morgan fingerprint density at radius 3 is 1.62 bits per heavy atom. The van der Waals surface area contributed by atoms with Crippen LogP contribution in [0, 0.1) is 5.92 Å². The zero-order chi connectivity index (χ0) is 15.5. The zero-order valence-corrected chi connectivity index (χ0v) is 13.8. The van der Waals surface area contributed by atoms with Gasteiger partial charge in [-0.1, -0.05) is 81.4 Å². The molecule has 0 saturated heterocycles. The van der Waals surface area contributed by atoms with Crippen molar-refractivity contribution in [2.24, 2.45) is 5.92 Å². The van der Waals surface area contributed by atoms with Crippen molar-refractivity contribution >= 4 is 17.8 Å². The molecule has 21 heavy (non-hydrogen) atoms. The van der Waals surface area contributed by atoms with Crippen LogP contribution in [0.2, 0.25) is 0 Å². The Morgan fingerprint density at radius 2 is 1.33 bits per heavy atom. The van der Waals surface area contributed by atoms with E-state index in [0.717, 1.165) is 0 Å². The molecule has 2 aromatic carbocycles. The van der Waals surface area contributed by atoms with Gasteiger partial charge in [-0.25, -0.2) is 0 Å². The molecule has 2 aromatic rings. The molecule has 1 unspecified atom stereocenters. The lowest BCUT2D eigenvalue weighted by atomic mass is 10.0. The van der Waals surface area contributed by atoms with E-state index in [4.69, 9.17) is 0 Å². The Bertz CT molecular complexity index is 579. The van der Waals surface area contributed by atoms with Crippen molar-refractivity contribution < 1.29 is 9.67 Å². The summed E-state index contributed by atoms with van der Waals surface area (Å²) in [6.07, 6.45) is 0.450. The van der Waals surface area contributed by atoms with Gasteiger partial charge in [0.2, 0.25) is 0 Å². The Hall–Kier alpha value is -1.37. The molecule has 0 amide bonds. The fraction of sp³-hybridized carbons (Fsp3) is 0.333. The average Bonchev–Trinajstić information content (AvgIpc) is 2.54. The van der Waals surface area contributed by atoms with Gasteiger partial charge in [0, 0.05) is 10.6 Å². The second kappa shape index (κ2) is 6.17. The molecule has 3 heteroatoms. The minimum Gasteiger partial charge on any atom is -0.381 e. The van der Waals surface area contributed by atoms with Crippen LogP contribution < -0.4 is 10.6 Å². The molecule has 112 valence electrons. The molecule has 1 N–H and O–H groups in total. The van der Waals surface area contributed by atoms with Crippen molar-refractivity contribution in [3.8, 4) is 0 Å². The standard InChI is InChI=1S/C18H23O2P/c1-4-18(19,15(2)3)21(20,16-11-7-5-8-12-16)17-13-9-6-10-14-17/h5-15,19H,4H2,1-3H3. The molecule has 0 spiro atoms. The van der Waals surface area contributed by atoms with Gasteiger partial charge in [-0.2, -0.15) is 0 Å². The first-order chi connectivity index (χ1) is 9.96. The summed E-state index contributed by atoms with van der Waals surface area (Å²) in [4.78, 5) is 0. The van der Waals surface area contributed by atoms with E-state index in [1.54, 1.807) is 0 Å². The van der Waals surface area contributed by atoms with Crippen LogP contribution in [0.15, 0.2) is 60.7 Å². The summed E-state index contributed by atoms with van der Waals surface area (Å²) < 4.78 is 14.1. The van der Waals surface area contributed by atoms with E-state index in [1.165, 1.54) is 0 Å². The molecular formula is C18H23O2P. The highest BCUT2D eigenvalue weighted by atomic mass is 31.2.